The number of rotatable bonds is 8. The molecule has 0 N–H and O–H groups in total. The lowest BCUT2D eigenvalue weighted by Crippen LogP contribution is -1.78. The van der Waals surface area contributed by atoms with Gasteiger partial charge >= 0.3 is 0 Å². The molecule has 0 radical (unpaired) electrons. The van der Waals surface area contributed by atoms with E-state index in [1.165, 1.54) is 25.7 Å². The molecule has 0 unspecified atom stereocenters. The average Bonchev–Trinajstić information content (AvgIpc) is 2.21. The van der Waals surface area contributed by atoms with Crippen LogP contribution in [0.25, 0.3) is 0 Å². The first-order valence-corrected chi connectivity index (χ1v) is 5.28. The van der Waals surface area contributed by atoms with E-state index in [4.69, 9.17) is 11.2 Å². The monoisotopic (exact) mass is 192 g/mol. The molecule has 0 rings (SSSR count). The van der Waals surface area contributed by atoms with Gasteiger partial charge in [0.15, 0.2) is 0 Å². The summed E-state index contributed by atoms with van der Waals surface area (Å²) in [6.07, 6.45) is 19.1. The van der Waals surface area contributed by atoms with Gasteiger partial charge in [-0.1, -0.05) is 44.3 Å². The lowest BCUT2D eigenvalue weighted by molar-refractivity contribution is 0.296. The molecule has 0 spiro atoms. The molecule has 0 amide bonds. The summed E-state index contributed by atoms with van der Waals surface area (Å²) in [4.78, 5) is 0. The maximum absolute atomic E-state index is 5.01. The zero-order valence-electron chi connectivity index (χ0n) is 9.04. The third-order valence-corrected chi connectivity index (χ3v) is 1.81. The smallest absolute Gasteiger partial charge is 0.147 e. The summed E-state index contributed by atoms with van der Waals surface area (Å²) in [5.41, 5.74) is 0. The predicted octanol–water partition coefficient (Wildman–Crippen LogP) is 3.68. The van der Waals surface area contributed by atoms with E-state index < -0.39 is 0 Å². The highest BCUT2D eigenvalue weighted by atomic mass is 16.5. The number of hydrogen-bond acceptors (Lipinski definition) is 1. The number of ether oxygens (including phenoxy) is 1. The Labute approximate surface area is 87.9 Å². The molecule has 0 fully saturated rings. The summed E-state index contributed by atoms with van der Waals surface area (Å²) in [7, 11) is 0. The van der Waals surface area contributed by atoms with Crippen molar-refractivity contribution in [3.63, 3.8) is 0 Å². The van der Waals surface area contributed by atoms with Crippen LogP contribution in [0.1, 0.15) is 39.0 Å². The number of terminal acetylenes is 1. The Morgan fingerprint density at radius 2 is 2.07 bits per heavy atom. The van der Waals surface area contributed by atoms with Gasteiger partial charge in [0.05, 0.1) is 6.26 Å². The summed E-state index contributed by atoms with van der Waals surface area (Å²) in [6.45, 7) is 2.57. The zero-order valence-corrected chi connectivity index (χ0v) is 9.04. The maximum Gasteiger partial charge on any atom is 0.147 e. The lowest BCUT2D eigenvalue weighted by atomic mass is 10.1. The average molecular weight is 192 g/mol. The molecule has 1 nitrogen and oxygen atoms in total. The van der Waals surface area contributed by atoms with E-state index in [0.29, 0.717) is 6.61 Å². The SMILES string of the molecule is C#CCOC=CC=CCCCCCC. The summed E-state index contributed by atoms with van der Waals surface area (Å²) < 4.78 is 4.96. The van der Waals surface area contributed by atoms with Gasteiger partial charge in [0, 0.05) is 0 Å². The minimum absolute atomic E-state index is 0.348. The quantitative estimate of drug-likeness (QED) is 0.247. The van der Waals surface area contributed by atoms with Crippen molar-refractivity contribution in [2.24, 2.45) is 0 Å². The van der Waals surface area contributed by atoms with Crippen LogP contribution in [0.3, 0.4) is 0 Å². The number of allylic oxidation sites excluding steroid dienone is 3. The van der Waals surface area contributed by atoms with Crippen LogP contribution in [-0.2, 0) is 4.74 Å². The summed E-state index contributed by atoms with van der Waals surface area (Å²) in [5.74, 6) is 2.40. The van der Waals surface area contributed by atoms with Gasteiger partial charge in [-0.05, 0) is 18.9 Å². The number of hydrogen-bond donors (Lipinski definition) is 0. The van der Waals surface area contributed by atoms with Crippen molar-refractivity contribution in [2.45, 2.75) is 39.0 Å². The van der Waals surface area contributed by atoms with E-state index >= 15 is 0 Å². The Morgan fingerprint density at radius 3 is 2.79 bits per heavy atom. The highest BCUT2D eigenvalue weighted by Crippen LogP contribution is 2.02. The molecular formula is C13H20O. The Balaban J connectivity index is 3.19. The van der Waals surface area contributed by atoms with Crippen molar-refractivity contribution >= 4 is 0 Å². The first-order chi connectivity index (χ1) is 6.91. The Kier molecular flexibility index (Phi) is 10.9. The second-order valence-corrected chi connectivity index (χ2v) is 3.12. The highest BCUT2D eigenvalue weighted by Gasteiger charge is 1.83. The molecule has 0 saturated heterocycles. The molecule has 0 aliphatic heterocycles. The standard InChI is InChI=1S/C13H20O/c1-3-5-6-7-8-9-10-11-13-14-12-4-2/h2,9-11,13H,3,5-8,12H2,1H3. The van der Waals surface area contributed by atoms with Crippen molar-refractivity contribution in [1.82, 2.24) is 0 Å². The van der Waals surface area contributed by atoms with Crippen LogP contribution in [0.5, 0.6) is 0 Å². The Hall–Kier alpha value is -1.16. The zero-order chi connectivity index (χ0) is 10.5. The maximum atomic E-state index is 5.01. The Morgan fingerprint density at radius 1 is 1.21 bits per heavy atom. The third kappa shape index (κ3) is 10.8. The van der Waals surface area contributed by atoms with Crippen LogP contribution < -0.4 is 0 Å². The summed E-state index contributed by atoms with van der Waals surface area (Å²) >= 11 is 0. The predicted molar refractivity (Wildman–Crippen MR) is 61.8 cm³/mol. The molecule has 0 aromatic carbocycles. The van der Waals surface area contributed by atoms with Gasteiger partial charge in [-0.15, -0.1) is 6.42 Å². The van der Waals surface area contributed by atoms with E-state index in [1.54, 1.807) is 6.26 Å². The fourth-order valence-electron chi connectivity index (χ4n) is 1.06. The van der Waals surface area contributed by atoms with Crippen LogP contribution in [0.4, 0.5) is 0 Å². The van der Waals surface area contributed by atoms with Gasteiger partial charge in [0.1, 0.15) is 6.61 Å². The molecule has 0 atom stereocenters. The van der Waals surface area contributed by atoms with Crippen molar-refractivity contribution in [3.8, 4) is 12.3 Å². The molecular weight excluding hydrogens is 172 g/mol. The molecule has 0 aromatic heterocycles. The van der Waals surface area contributed by atoms with Crippen LogP contribution in [0.2, 0.25) is 0 Å². The minimum atomic E-state index is 0.348. The lowest BCUT2D eigenvalue weighted by Gasteiger charge is -1.93. The van der Waals surface area contributed by atoms with Gasteiger partial charge in [-0.25, -0.2) is 0 Å². The van der Waals surface area contributed by atoms with Gasteiger partial charge in [0.25, 0.3) is 0 Å². The molecule has 0 heterocycles. The van der Waals surface area contributed by atoms with Crippen LogP contribution >= 0.6 is 0 Å². The normalized spacial score (nSPS) is 10.9. The Bertz CT molecular complexity index is 196. The van der Waals surface area contributed by atoms with Crippen molar-refractivity contribution in [1.29, 1.82) is 0 Å². The first kappa shape index (κ1) is 12.8. The fraction of sp³-hybridized carbons (Fsp3) is 0.538. The largest absolute Gasteiger partial charge is 0.489 e. The van der Waals surface area contributed by atoms with Crippen molar-refractivity contribution in [2.75, 3.05) is 6.61 Å². The first-order valence-electron chi connectivity index (χ1n) is 5.28. The van der Waals surface area contributed by atoms with Crippen LogP contribution in [0, 0.1) is 12.3 Å². The summed E-state index contributed by atoms with van der Waals surface area (Å²) in [5, 5.41) is 0. The van der Waals surface area contributed by atoms with Crippen LogP contribution in [0.15, 0.2) is 24.5 Å². The highest BCUT2D eigenvalue weighted by molar-refractivity contribution is 5.00. The van der Waals surface area contributed by atoms with Crippen molar-refractivity contribution in [3.05, 3.63) is 24.5 Å². The molecule has 1 heteroatoms. The molecule has 0 aromatic rings. The van der Waals surface area contributed by atoms with Gasteiger partial charge in [0.2, 0.25) is 0 Å². The molecule has 14 heavy (non-hydrogen) atoms. The third-order valence-electron chi connectivity index (χ3n) is 1.81. The minimum Gasteiger partial charge on any atom is -0.489 e. The van der Waals surface area contributed by atoms with E-state index in [0.717, 1.165) is 6.42 Å². The molecule has 0 bridgehead atoms. The topological polar surface area (TPSA) is 9.23 Å². The van der Waals surface area contributed by atoms with E-state index in [-0.39, 0.29) is 0 Å². The fourth-order valence-corrected chi connectivity index (χ4v) is 1.06. The second-order valence-electron chi connectivity index (χ2n) is 3.12. The number of unbranched alkanes of at least 4 members (excludes halogenated alkanes) is 4. The van der Waals surface area contributed by atoms with Crippen LogP contribution in [-0.4, -0.2) is 6.61 Å². The molecule has 0 aliphatic carbocycles. The molecule has 0 aliphatic rings. The molecule has 0 saturated carbocycles. The van der Waals surface area contributed by atoms with Gasteiger partial charge in [-0.2, -0.15) is 0 Å². The van der Waals surface area contributed by atoms with E-state index in [1.807, 2.05) is 12.2 Å². The van der Waals surface area contributed by atoms with Gasteiger partial charge in [-0.3, -0.25) is 0 Å². The van der Waals surface area contributed by atoms with Gasteiger partial charge < -0.3 is 4.74 Å². The second kappa shape index (κ2) is 11.8. The van der Waals surface area contributed by atoms with Crippen molar-refractivity contribution < 1.29 is 4.74 Å². The van der Waals surface area contributed by atoms with E-state index in [2.05, 4.69) is 18.9 Å². The summed E-state index contributed by atoms with van der Waals surface area (Å²) in [6, 6.07) is 0. The van der Waals surface area contributed by atoms with E-state index in [9.17, 15) is 0 Å². The molecule has 78 valence electrons.